The zero-order chi connectivity index (χ0) is 12.6. The van der Waals surface area contributed by atoms with Crippen LogP contribution >= 0.6 is 0 Å². The third-order valence-corrected chi connectivity index (χ3v) is 2.98. The molecule has 2 rings (SSSR count). The first kappa shape index (κ1) is 11.5. The first-order valence-electron chi connectivity index (χ1n) is 5.24. The summed E-state index contributed by atoms with van der Waals surface area (Å²) in [6.07, 6.45) is 2.16. The van der Waals surface area contributed by atoms with Crippen molar-refractivity contribution in [1.29, 1.82) is 0 Å². The van der Waals surface area contributed by atoms with E-state index in [0.29, 0.717) is 18.5 Å². The van der Waals surface area contributed by atoms with Crippen molar-refractivity contribution in [1.82, 2.24) is 9.55 Å². The molecule has 0 fully saturated rings. The molecule has 0 saturated carbocycles. The lowest BCUT2D eigenvalue weighted by Crippen LogP contribution is -2.31. The standard InChI is InChI=1S/C11H12N2O4/c1-6-3-8(11(16)17-2)13-9(6)12-4-7(5-14)10(13)15/h4-6,8H,3H2,1-2H3/t6-,8+/m1/s1. The highest BCUT2D eigenvalue weighted by atomic mass is 16.5. The first-order chi connectivity index (χ1) is 8.10. The van der Waals surface area contributed by atoms with Crippen LogP contribution in [0.25, 0.3) is 0 Å². The van der Waals surface area contributed by atoms with Crippen LogP contribution in [-0.4, -0.2) is 28.9 Å². The summed E-state index contributed by atoms with van der Waals surface area (Å²) in [6, 6.07) is -0.676. The van der Waals surface area contributed by atoms with Gasteiger partial charge in [0.2, 0.25) is 0 Å². The maximum Gasteiger partial charge on any atom is 0.329 e. The van der Waals surface area contributed by atoms with Gasteiger partial charge in [0.05, 0.1) is 12.7 Å². The number of ether oxygens (including phenoxy) is 1. The van der Waals surface area contributed by atoms with Gasteiger partial charge in [-0.1, -0.05) is 6.92 Å². The van der Waals surface area contributed by atoms with Crippen LogP contribution in [0, 0.1) is 0 Å². The molecule has 1 aliphatic heterocycles. The Hall–Kier alpha value is -1.98. The van der Waals surface area contributed by atoms with Crippen molar-refractivity contribution >= 4 is 12.3 Å². The highest BCUT2D eigenvalue weighted by Gasteiger charge is 2.36. The third kappa shape index (κ3) is 1.65. The van der Waals surface area contributed by atoms with E-state index in [4.69, 9.17) is 0 Å². The Morgan fingerprint density at radius 2 is 2.35 bits per heavy atom. The highest BCUT2D eigenvalue weighted by Crippen LogP contribution is 2.33. The number of carbonyl (C=O) groups is 2. The molecule has 2 heterocycles. The Morgan fingerprint density at radius 3 is 2.94 bits per heavy atom. The number of hydrogen-bond donors (Lipinski definition) is 0. The minimum absolute atomic E-state index is 0.00694. The number of aromatic nitrogens is 2. The fourth-order valence-corrected chi connectivity index (χ4v) is 2.13. The van der Waals surface area contributed by atoms with Gasteiger partial charge in [-0.25, -0.2) is 9.78 Å². The molecule has 0 saturated heterocycles. The normalized spacial score (nSPS) is 22.0. The van der Waals surface area contributed by atoms with Crippen LogP contribution in [0.4, 0.5) is 0 Å². The molecule has 90 valence electrons. The van der Waals surface area contributed by atoms with E-state index < -0.39 is 17.6 Å². The minimum atomic E-state index is -0.676. The number of methoxy groups -OCH3 is 1. The Labute approximate surface area is 97.2 Å². The molecule has 0 unspecified atom stereocenters. The fourth-order valence-electron chi connectivity index (χ4n) is 2.13. The van der Waals surface area contributed by atoms with Crippen LogP contribution in [0.3, 0.4) is 0 Å². The average molecular weight is 236 g/mol. The molecule has 1 aromatic heterocycles. The van der Waals surface area contributed by atoms with E-state index in [1.165, 1.54) is 17.9 Å². The molecule has 0 N–H and O–H groups in total. The molecule has 2 atom stereocenters. The lowest BCUT2D eigenvalue weighted by Gasteiger charge is -2.11. The van der Waals surface area contributed by atoms with Gasteiger partial charge in [0, 0.05) is 12.1 Å². The number of carbonyl (C=O) groups excluding carboxylic acids is 2. The average Bonchev–Trinajstić information content (AvgIpc) is 2.67. The predicted octanol–water partition coefficient (Wildman–Crippen LogP) is 0.277. The van der Waals surface area contributed by atoms with E-state index in [2.05, 4.69) is 9.72 Å². The number of esters is 1. The van der Waals surface area contributed by atoms with Crippen molar-refractivity contribution < 1.29 is 14.3 Å². The van der Waals surface area contributed by atoms with E-state index in [-0.39, 0.29) is 11.5 Å². The molecule has 0 aliphatic carbocycles. The van der Waals surface area contributed by atoms with Crippen LogP contribution in [0.1, 0.15) is 41.5 Å². The minimum Gasteiger partial charge on any atom is -0.467 e. The molecule has 0 aromatic carbocycles. The maximum absolute atomic E-state index is 12.0. The largest absolute Gasteiger partial charge is 0.467 e. The number of rotatable bonds is 2. The molecule has 0 spiro atoms. The number of nitrogens with zero attached hydrogens (tertiary/aromatic N) is 2. The Balaban J connectivity index is 2.62. The Morgan fingerprint density at radius 1 is 1.65 bits per heavy atom. The molecule has 6 heteroatoms. The molecule has 0 radical (unpaired) electrons. The molecular weight excluding hydrogens is 224 g/mol. The van der Waals surface area contributed by atoms with Crippen molar-refractivity contribution in [3.05, 3.63) is 27.9 Å². The third-order valence-electron chi connectivity index (χ3n) is 2.98. The number of hydrogen-bond acceptors (Lipinski definition) is 5. The van der Waals surface area contributed by atoms with Crippen molar-refractivity contribution in [3.63, 3.8) is 0 Å². The van der Waals surface area contributed by atoms with Crippen molar-refractivity contribution in [3.8, 4) is 0 Å². The van der Waals surface area contributed by atoms with E-state index in [1.54, 1.807) is 0 Å². The second-order valence-electron chi connectivity index (χ2n) is 4.04. The summed E-state index contributed by atoms with van der Waals surface area (Å²) in [5.74, 6) is 0.0334. The number of aldehydes is 1. The van der Waals surface area contributed by atoms with Gasteiger partial charge in [0.1, 0.15) is 11.9 Å². The summed E-state index contributed by atoms with van der Waals surface area (Å²) in [5, 5.41) is 0. The van der Waals surface area contributed by atoms with Gasteiger partial charge in [-0.2, -0.15) is 0 Å². The summed E-state index contributed by atoms with van der Waals surface area (Å²) in [5.41, 5.74) is -0.526. The van der Waals surface area contributed by atoms with Crippen LogP contribution in [0.2, 0.25) is 0 Å². The Bertz CT molecular complexity index is 535. The molecule has 0 bridgehead atoms. The van der Waals surface area contributed by atoms with Crippen LogP contribution in [0.15, 0.2) is 11.0 Å². The summed E-state index contributed by atoms with van der Waals surface area (Å²) in [4.78, 5) is 38.3. The second kappa shape index (κ2) is 4.12. The van der Waals surface area contributed by atoms with E-state index >= 15 is 0 Å². The summed E-state index contributed by atoms with van der Waals surface area (Å²) >= 11 is 0. The van der Waals surface area contributed by atoms with E-state index in [0.717, 1.165) is 0 Å². The zero-order valence-electron chi connectivity index (χ0n) is 9.54. The lowest BCUT2D eigenvalue weighted by atomic mass is 10.1. The van der Waals surface area contributed by atoms with Gasteiger partial charge in [-0.05, 0) is 6.42 Å². The summed E-state index contributed by atoms with van der Waals surface area (Å²) in [7, 11) is 1.27. The molecule has 17 heavy (non-hydrogen) atoms. The highest BCUT2D eigenvalue weighted by molar-refractivity contribution is 5.76. The van der Waals surface area contributed by atoms with Crippen LogP contribution < -0.4 is 5.56 Å². The van der Waals surface area contributed by atoms with Gasteiger partial charge in [-0.15, -0.1) is 0 Å². The maximum atomic E-state index is 12.0. The van der Waals surface area contributed by atoms with Gasteiger partial charge in [0.25, 0.3) is 5.56 Å². The Kier molecular flexibility index (Phi) is 2.79. The van der Waals surface area contributed by atoms with Crippen molar-refractivity contribution in [2.45, 2.75) is 25.3 Å². The fraction of sp³-hybridized carbons (Fsp3) is 0.455. The van der Waals surface area contributed by atoms with Crippen molar-refractivity contribution in [2.24, 2.45) is 0 Å². The monoisotopic (exact) mass is 236 g/mol. The molecular formula is C11H12N2O4. The molecule has 1 aliphatic rings. The van der Waals surface area contributed by atoms with Crippen molar-refractivity contribution in [2.75, 3.05) is 7.11 Å². The topological polar surface area (TPSA) is 78.3 Å². The smallest absolute Gasteiger partial charge is 0.329 e. The van der Waals surface area contributed by atoms with Gasteiger partial charge in [-0.3, -0.25) is 14.2 Å². The molecule has 0 amide bonds. The second-order valence-corrected chi connectivity index (χ2v) is 4.04. The quantitative estimate of drug-likeness (QED) is 0.544. The summed E-state index contributed by atoms with van der Waals surface area (Å²) in [6.45, 7) is 1.88. The van der Waals surface area contributed by atoms with Crippen LogP contribution in [0.5, 0.6) is 0 Å². The van der Waals surface area contributed by atoms with E-state index in [1.807, 2.05) is 6.92 Å². The first-order valence-corrected chi connectivity index (χ1v) is 5.24. The predicted molar refractivity (Wildman–Crippen MR) is 58.0 cm³/mol. The number of fused-ring (bicyclic) bond motifs is 1. The SMILES string of the molecule is COC(=O)[C@@H]1C[C@@H](C)c2ncc(C=O)c(=O)n21. The van der Waals surface area contributed by atoms with Gasteiger partial charge in [0.15, 0.2) is 6.29 Å². The van der Waals surface area contributed by atoms with Crippen LogP contribution in [-0.2, 0) is 9.53 Å². The van der Waals surface area contributed by atoms with E-state index in [9.17, 15) is 14.4 Å². The van der Waals surface area contributed by atoms with Gasteiger partial charge >= 0.3 is 5.97 Å². The van der Waals surface area contributed by atoms with Gasteiger partial charge < -0.3 is 4.74 Å². The lowest BCUT2D eigenvalue weighted by molar-refractivity contribution is -0.144. The molecule has 1 aromatic rings. The molecule has 6 nitrogen and oxygen atoms in total. The zero-order valence-corrected chi connectivity index (χ0v) is 9.54. The summed E-state index contributed by atoms with van der Waals surface area (Å²) < 4.78 is 5.92.